The smallest absolute Gasteiger partial charge is 0.288 e. The van der Waals surface area contributed by atoms with Crippen molar-refractivity contribution in [1.82, 2.24) is 40.7 Å². The molecule has 0 aliphatic carbocycles. The lowest BCUT2D eigenvalue weighted by atomic mass is 10.3. The number of rotatable bonds is 7. The van der Waals surface area contributed by atoms with Gasteiger partial charge in [0.25, 0.3) is 11.8 Å². The van der Waals surface area contributed by atoms with E-state index in [1.807, 2.05) is 18.0 Å². The Kier molecular flexibility index (Phi) is 7.30. The van der Waals surface area contributed by atoms with Crippen LogP contribution in [0.1, 0.15) is 25.9 Å². The topological polar surface area (TPSA) is 171 Å². The van der Waals surface area contributed by atoms with Crippen LogP contribution >= 0.6 is 11.3 Å². The minimum absolute atomic E-state index is 0.0684. The molecule has 4 aromatic rings. The lowest BCUT2D eigenvalue weighted by Gasteiger charge is -2.28. The molecule has 3 N–H and O–H groups in total. The van der Waals surface area contributed by atoms with Crippen LogP contribution in [0.2, 0.25) is 0 Å². The summed E-state index contributed by atoms with van der Waals surface area (Å²) in [6.45, 7) is 3.11. The molecule has 2 amide bonds. The van der Waals surface area contributed by atoms with E-state index in [-0.39, 0.29) is 17.3 Å². The first-order valence-electron chi connectivity index (χ1n) is 11.6. The molecule has 14 nitrogen and oxygen atoms in total. The van der Waals surface area contributed by atoms with E-state index in [2.05, 4.69) is 30.2 Å². The van der Waals surface area contributed by atoms with Gasteiger partial charge in [0, 0.05) is 56.8 Å². The highest BCUT2D eigenvalue weighted by Crippen LogP contribution is 2.35. The molecule has 1 fully saturated rings. The Morgan fingerprint density at radius 1 is 1.08 bits per heavy atom. The molecule has 1 saturated heterocycles. The summed E-state index contributed by atoms with van der Waals surface area (Å²) in [5.74, 6) is 0.704. The molecule has 5 rings (SSSR count). The summed E-state index contributed by atoms with van der Waals surface area (Å²) in [7, 11) is 3.37. The highest BCUT2D eigenvalue weighted by molar-refractivity contribution is 7.19. The first-order valence-corrected chi connectivity index (χ1v) is 12.4. The second-order valence-electron chi connectivity index (χ2n) is 8.34. The second-order valence-corrected chi connectivity index (χ2v) is 9.48. The minimum atomic E-state index is -0.678. The van der Waals surface area contributed by atoms with E-state index in [0.29, 0.717) is 50.2 Å². The van der Waals surface area contributed by atoms with Crippen molar-refractivity contribution in [1.29, 1.82) is 0 Å². The number of morpholine rings is 1. The van der Waals surface area contributed by atoms with Crippen LogP contribution in [0.5, 0.6) is 0 Å². The zero-order valence-electron chi connectivity index (χ0n) is 20.6. The Morgan fingerprint density at radius 3 is 2.45 bits per heavy atom. The first kappa shape index (κ1) is 25.3. The molecule has 0 radical (unpaired) electrons. The number of carbonyl (C=O) groups is 2. The van der Waals surface area contributed by atoms with Gasteiger partial charge in [0.1, 0.15) is 0 Å². The lowest BCUT2D eigenvalue weighted by Crippen LogP contribution is -2.36. The van der Waals surface area contributed by atoms with Crippen molar-refractivity contribution in [2.24, 2.45) is 0 Å². The van der Waals surface area contributed by atoms with E-state index >= 15 is 0 Å². The molecule has 0 spiro atoms. The molecular weight excluding hydrogens is 512 g/mol. The minimum Gasteiger partial charge on any atom is -0.378 e. The van der Waals surface area contributed by atoms with E-state index in [1.165, 1.54) is 19.4 Å². The molecule has 196 valence electrons. The van der Waals surface area contributed by atoms with E-state index < -0.39 is 5.91 Å². The van der Waals surface area contributed by atoms with E-state index in [9.17, 15) is 9.59 Å². The molecule has 0 aromatic carbocycles. The lowest BCUT2D eigenvalue weighted by molar-refractivity contribution is 0.0705. The van der Waals surface area contributed by atoms with Gasteiger partial charge in [-0.05, 0) is 6.07 Å². The van der Waals surface area contributed by atoms with Crippen molar-refractivity contribution in [3.8, 4) is 11.4 Å². The molecule has 38 heavy (non-hydrogen) atoms. The predicted octanol–water partition coefficient (Wildman–Crippen LogP) is 0.890. The fourth-order valence-corrected chi connectivity index (χ4v) is 5.00. The number of thiophene rings is 1. The molecule has 0 unspecified atom stereocenters. The number of nitrogens with one attached hydrogen (secondary N) is 2. The van der Waals surface area contributed by atoms with Crippen LogP contribution in [0, 0.1) is 0 Å². The number of amides is 2. The van der Waals surface area contributed by atoms with Crippen molar-refractivity contribution in [2.45, 2.75) is 6.54 Å². The number of nitrogens with zero attached hydrogens (tertiary/aromatic N) is 8. The van der Waals surface area contributed by atoms with Crippen LogP contribution in [0.3, 0.4) is 0 Å². The first-order chi connectivity index (χ1) is 18.5. The SMILES string of the molecule is CNC(=O)c1ncc(-c2nc(N3CCOCC3)c3sc(CN(C)c4ncc(C(=O)NO)cn4)cc3n2)cn1. The number of aromatic nitrogens is 6. The van der Waals surface area contributed by atoms with Crippen LogP contribution in [0.15, 0.2) is 30.9 Å². The second kappa shape index (κ2) is 11.0. The van der Waals surface area contributed by atoms with Gasteiger partial charge in [-0.3, -0.25) is 14.8 Å². The zero-order valence-corrected chi connectivity index (χ0v) is 21.4. The highest BCUT2D eigenvalue weighted by atomic mass is 32.1. The zero-order chi connectivity index (χ0) is 26.6. The molecule has 0 atom stereocenters. The summed E-state index contributed by atoms with van der Waals surface area (Å²) < 4.78 is 6.47. The predicted molar refractivity (Wildman–Crippen MR) is 138 cm³/mol. The van der Waals surface area contributed by atoms with Gasteiger partial charge in [-0.15, -0.1) is 11.3 Å². The number of carbonyl (C=O) groups excluding carboxylic acids is 2. The van der Waals surface area contributed by atoms with Crippen molar-refractivity contribution >= 4 is 45.1 Å². The third kappa shape index (κ3) is 5.20. The van der Waals surface area contributed by atoms with Gasteiger partial charge >= 0.3 is 0 Å². The van der Waals surface area contributed by atoms with Gasteiger partial charge in [0.05, 0.1) is 41.1 Å². The summed E-state index contributed by atoms with van der Waals surface area (Å²) in [5.41, 5.74) is 3.08. The summed E-state index contributed by atoms with van der Waals surface area (Å²) in [5, 5.41) is 11.3. The van der Waals surface area contributed by atoms with E-state index in [4.69, 9.17) is 19.9 Å². The highest BCUT2D eigenvalue weighted by Gasteiger charge is 2.21. The number of hydrogen-bond acceptors (Lipinski definition) is 13. The third-order valence-corrected chi connectivity index (χ3v) is 6.90. The van der Waals surface area contributed by atoms with Gasteiger partial charge in [0.2, 0.25) is 11.8 Å². The quantitative estimate of drug-likeness (QED) is 0.225. The van der Waals surface area contributed by atoms with Gasteiger partial charge in [-0.2, -0.15) is 0 Å². The van der Waals surface area contributed by atoms with Crippen LogP contribution in [-0.2, 0) is 11.3 Å². The Morgan fingerprint density at radius 2 is 1.79 bits per heavy atom. The fraction of sp³-hybridized carbons (Fsp3) is 0.304. The molecule has 15 heteroatoms. The van der Waals surface area contributed by atoms with E-state index in [0.717, 1.165) is 20.9 Å². The van der Waals surface area contributed by atoms with Gasteiger partial charge < -0.3 is 19.9 Å². The van der Waals surface area contributed by atoms with Crippen molar-refractivity contribution in [3.63, 3.8) is 0 Å². The molecule has 0 saturated carbocycles. The fourth-order valence-electron chi connectivity index (χ4n) is 3.84. The average Bonchev–Trinajstić information content (AvgIpc) is 3.38. The molecule has 1 aliphatic rings. The Labute approximate surface area is 220 Å². The summed E-state index contributed by atoms with van der Waals surface area (Å²) in [6.07, 6.45) is 5.78. The summed E-state index contributed by atoms with van der Waals surface area (Å²) in [6, 6.07) is 2.00. The maximum Gasteiger partial charge on any atom is 0.288 e. The molecule has 4 aromatic heterocycles. The third-order valence-electron chi connectivity index (χ3n) is 5.79. The number of hydrogen-bond donors (Lipinski definition) is 3. The van der Waals surface area contributed by atoms with Crippen LogP contribution in [0.4, 0.5) is 11.8 Å². The average molecular weight is 537 g/mol. The van der Waals surface area contributed by atoms with Crippen molar-refractivity contribution < 1.29 is 19.5 Å². The monoisotopic (exact) mass is 536 g/mol. The Hall–Kier alpha value is -4.34. The van der Waals surface area contributed by atoms with Gasteiger partial charge in [0.15, 0.2) is 11.6 Å². The standard InChI is InChI=1S/C23H24N10O4S/c1-24-22(35)19-25-8-13(9-26-19)18-29-16-7-15(38-17(16)20(30-18)33-3-5-37-6-4-33)12-32(2)23-27-10-14(11-28-23)21(34)31-36/h7-11,36H,3-6,12H2,1-2H3,(H,24,35)(H,31,34). The molecular formula is C23H24N10O4S. The summed E-state index contributed by atoms with van der Waals surface area (Å²) >= 11 is 1.58. The Bertz CT molecular complexity index is 1460. The molecule has 1 aliphatic heterocycles. The molecule has 5 heterocycles. The maximum absolute atomic E-state index is 11.8. The van der Waals surface area contributed by atoms with Crippen molar-refractivity contribution in [2.75, 3.05) is 50.2 Å². The summed E-state index contributed by atoms with van der Waals surface area (Å²) in [4.78, 5) is 54.8. The van der Waals surface area contributed by atoms with Crippen LogP contribution in [0.25, 0.3) is 21.6 Å². The normalized spacial score (nSPS) is 13.4. The van der Waals surface area contributed by atoms with Crippen LogP contribution < -0.4 is 20.6 Å². The maximum atomic E-state index is 11.8. The van der Waals surface area contributed by atoms with Gasteiger partial charge in [-0.25, -0.2) is 35.4 Å². The van der Waals surface area contributed by atoms with Crippen molar-refractivity contribution in [3.05, 3.63) is 47.1 Å². The number of fused-ring (bicyclic) bond motifs is 1. The van der Waals surface area contributed by atoms with Crippen LogP contribution in [-0.4, -0.2) is 87.3 Å². The Balaban J connectivity index is 1.47. The number of ether oxygens (including phenoxy) is 1. The number of hydroxylamine groups is 1. The van der Waals surface area contributed by atoms with Gasteiger partial charge in [-0.1, -0.05) is 0 Å². The largest absolute Gasteiger partial charge is 0.378 e. The number of anilines is 2. The molecule has 0 bridgehead atoms. The van der Waals surface area contributed by atoms with E-state index in [1.54, 1.807) is 29.2 Å².